The number of aromatic nitrogens is 2. The standard InChI is InChI=1S/C21H23ClN4O2/c1-14-19(10-17(11-23)21(27)24-12-18-7-5-9-28-18)15(2)26(25-14)13-16-6-3-4-8-20(16)22/h3-4,6,8,10,18H,5,7,9,12-13H2,1-2H3,(H,24,27)/b17-10+/t18-/m0/s1. The van der Waals surface area contributed by atoms with Gasteiger partial charge in [-0.05, 0) is 44.4 Å². The van der Waals surface area contributed by atoms with Crippen LogP contribution in [0.2, 0.25) is 5.02 Å². The number of benzene rings is 1. The lowest BCUT2D eigenvalue weighted by molar-refractivity contribution is -0.117. The summed E-state index contributed by atoms with van der Waals surface area (Å²) in [5.41, 5.74) is 3.42. The molecule has 0 radical (unpaired) electrons. The van der Waals surface area contributed by atoms with Crippen LogP contribution < -0.4 is 5.32 Å². The van der Waals surface area contributed by atoms with Gasteiger partial charge in [0.1, 0.15) is 11.6 Å². The predicted molar refractivity (Wildman–Crippen MR) is 108 cm³/mol. The molecule has 6 nitrogen and oxygen atoms in total. The fourth-order valence-corrected chi connectivity index (χ4v) is 3.46. The van der Waals surface area contributed by atoms with Crippen molar-refractivity contribution in [1.29, 1.82) is 5.26 Å². The van der Waals surface area contributed by atoms with Gasteiger partial charge < -0.3 is 10.1 Å². The first-order valence-corrected chi connectivity index (χ1v) is 9.66. The van der Waals surface area contributed by atoms with Crippen molar-refractivity contribution in [1.82, 2.24) is 15.1 Å². The fourth-order valence-electron chi connectivity index (χ4n) is 3.26. The van der Waals surface area contributed by atoms with E-state index in [4.69, 9.17) is 16.3 Å². The number of ether oxygens (including phenoxy) is 1. The van der Waals surface area contributed by atoms with Crippen molar-refractivity contribution >= 4 is 23.6 Å². The Bertz CT molecular complexity index is 936. The molecule has 1 fully saturated rings. The number of aryl methyl sites for hydroxylation is 1. The van der Waals surface area contributed by atoms with Crippen LogP contribution in [-0.4, -0.2) is 34.9 Å². The Balaban J connectivity index is 1.77. The van der Waals surface area contributed by atoms with Gasteiger partial charge in [0.25, 0.3) is 5.91 Å². The van der Waals surface area contributed by atoms with E-state index >= 15 is 0 Å². The number of halogens is 1. The summed E-state index contributed by atoms with van der Waals surface area (Å²) in [5.74, 6) is -0.393. The summed E-state index contributed by atoms with van der Waals surface area (Å²) in [6.07, 6.45) is 3.57. The first-order chi connectivity index (χ1) is 13.5. The zero-order valence-corrected chi connectivity index (χ0v) is 16.8. The number of amides is 1. The predicted octanol–water partition coefficient (Wildman–Crippen LogP) is 3.40. The number of carbonyl (C=O) groups excluding carboxylic acids is 1. The average molecular weight is 399 g/mol. The first-order valence-electron chi connectivity index (χ1n) is 9.28. The van der Waals surface area contributed by atoms with Gasteiger partial charge in [-0.15, -0.1) is 0 Å². The topological polar surface area (TPSA) is 79.9 Å². The molecule has 1 aromatic carbocycles. The van der Waals surface area contributed by atoms with Gasteiger partial charge in [-0.25, -0.2) is 0 Å². The molecule has 1 aliphatic rings. The van der Waals surface area contributed by atoms with Crippen LogP contribution in [0, 0.1) is 25.2 Å². The highest BCUT2D eigenvalue weighted by atomic mass is 35.5. The van der Waals surface area contributed by atoms with E-state index in [2.05, 4.69) is 10.4 Å². The molecule has 1 N–H and O–H groups in total. The van der Waals surface area contributed by atoms with Gasteiger partial charge in [0.05, 0.1) is 18.3 Å². The zero-order valence-electron chi connectivity index (χ0n) is 16.0. The lowest BCUT2D eigenvalue weighted by Crippen LogP contribution is -2.32. The molecule has 146 valence electrons. The third-order valence-corrected chi connectivity index (χ3v) is 5.25. The van der Waals surface area contributed by atoms with E-state index in [1.165, 1.54) is 0 Å². The number of rotatable bonds is 6. The number of carbonyl (C=O) groups is 1. The van der Waals surface area contributed by atoms with Gasteiger partial charge in [0.15, 0.2) is 0 Å². The summed E-state index contributed by atoms with van der Waals surface area (Å²) in [4.78, 5) is 12.4. The lowest BCUT2D eigenvalue weighted by atomic mass is 10.1. The Morgan fingerprint density at radius 3 is 2.93 bits per heavy atom. The van der Waals surface area contributed by atoms with Crippen molar-refractivity contribution in [2.45, 2.75) is 39.3 Å². The molecule has 1 atom stereocenters. The van der Waals surface area contributed by atoms with Crippen LogP contribution >= 0.6 is 11.6 Å². The monoisotopic (exact) mass is 398 g/mol. The Morgan fingerprint density at radius 2 is 2.25 bits per heavy atom. The maximum Gasteiger partial charge on any atom is 0.262 e. The van der Waals surface area contributed by atoms with Crippen molar-refractivity contribution in [2.75, 3.05) is 13.2 Å². The molecule has 0 aliphatic carbocycles. The van der Waals surface area contributed by atoms with E-state index in [1.807, 2.05) is 48.9 Å². The molecule has 1 amide bonds. The molecule has 1 saturated heterocycles. The second-order valence-corrected chi connectivity index (χ2v) is 7.26. The van der Waals surface area contributed by atoms with Crippen molar-refractivity contribution in [3.05, 3.63) is 57.4 Å². The Morgan fingerprint density at radius 1 is 1.46 bits per heavy atom. The summed E-state index contributed by atoms with van der Waals surface area (Å²) in [6.45, 7) is 5.45. The highest BCUT2D eigenvalue weighted by Crippen LogP contribution is 2.21. The maximum atomic E-state index is 12.4. The largest absolute Gasteiger partial charge is 0.376 e. The molecule has 0 unspecified atom stereocenters. The third-order valence-electron chi connectivity index (χ3n) is 4.88. The molecule has 28 heavy (non-hydrogen) atoms. The minimum atomic E-state index is -0.393. The summed E-state index contributed by atoms with van der Waals surface area (Å²) in [5, 5.41) is 17.5. The average Bonchev–Trinajstić information content (AvgIpc) is 3.29. The quantitative estimate of drug-likeness (QED) is 0.597. The number of hydrogen-bond acceptors (Lipinski definition) is 4. The van der Waals surface area contributed by atoms with E-state index in [1.54, 1.807) is 6.08 Å². The number of nitrogens with one attached hydrogen (secondary N) is 1. The molecule has 1 aliphatic heterocycles. The zero-order chi connectivity index (χ0) is 20.1. The third kappa shape index (κ3) is 4.61. The van der Waals surface area contributed by atoms with Crippen molar-refractivity contribution in [3.63, 3.8) is 0 Å². The van der Waals surface area contributed by atoms with E-state index < -0.39 is 5.91 Å². The Hall–Kier alpha value is -2.62. The normalized spacial score (nSPS) is 16.8. The first kappa shape index (κ1) is 20.1. The molecule has 0 spiro atoms. The van der Waals surface area contributed by atoms with Crippen LogP contribution in [0.25, 0.3) is 6.08 Å². The fraction of sp³-hybridized carbons (Fsp3) is 0.381. The van der Waals surface area contributed by atoms with E-state index in [-0.39, 0.29) is 11.7 Å². The van der Waals surface area contributed by atoms with Crippen molar-refractivity contribution < 1.29 is 9.53 Å². The molecule has 2 heterocycles. The van der Waals surface area contributed by atoms with Gasteiger partial charge >= 0.3 is 0 Å². The lowest BCUT2D eigenvalue weighted by Gasteiger charge is -2.10. The molecule has 0 bridgehead atoms. The summed E-state index contributed by atoms with van der Waals surface area (Å²) >= 11 is 6.25. The van der Waals surface area contributed by atoms with Gasteiger partial charge in [0.2, 0.25) is 0 Å². The molecule has 1 aromatic heterocycles. The summed E-state index contributed by atoms with van der Waals surface area (Å²) in [7, 11) is 0. The van der Waals surface area contributed by atoms with Gasteiger partial charge in [-0.1, -0.05) is 29.8 Å². The van der Waals surface area contributed by atoms with Crippen LogP contribution in [0.15, 0.2) is 29.8 Å². The Labute approximate surface area is 169 Å². The van der Waals surface area contributed by atoms with Crippen LogP contribution in [0.4, 0.5) is 0 Å². The molecule has 7 heteroatoms. The second-order valence-electron chi connectivity index (χ2n) is 6.85. The van der Waals surface area contributed by atoms with Crippen molar-refractivity contribution in [3.8, 4) is 6.07 Å². The van der Waals surface area contributed by atoms with Crippen molar-refractivity contribution in [2.24, 2.45) is 0 Å². The molecule has 3 rings (SSSR count). The van der Waals surface area contributed by atoms with Gasteiger partial charge in [-0.2, -0.15) is 10.4 Å². The maximum absolute atomic E-state index is 12.4. The summed E-state index contributed by atoms with van der Waals surface area (Å²) in [6, 6.07) is 9.61. The minimum Gasteiger partial charge on any atom is -0.376 e. The van der Waals surface area contributed by atoms with Crippen LogP contribution in [-0.2, 0) is 16.1 Å². The van der Waals surface area contributed by atoms with E-state index in [0.29, 0.717) is 18.1 Å². The van der Waals surface area contributed by atoms with Crippen LogP contribution in [0.3, 0.4) is 0 Å². The number of hydrogen-bond donors (Lipinski definition) is 1. The number of nitriles is 1. The van der Waals surface area contributed by atoms with E-state index in [9.17, 15) is 10.1 Å². The second kappa shape index (κ2) is 9.05. The highest BCUT2D eigenvalue weighted by molar-refractivity contribution is 6.31. The Kier molecular flexibility index (Phi) is 6.50. The van der Waals surface area contributed by atoms with E-state index in [0.717, 1.165) is 42.0 Å². The smallest absolute Gasteiger partial charge is 0.262 e. The van der Waals surface area contributed by atoms with Crippen LogP contribution in [0.1, 0.15) is 35.4 Å². The van der Waals surface area contributed by atoms with Crippen LogP contribution in [0.5, 0.6) is 0 Å². The molecule has 0 saturated carbocycles. The van der Waals surface area contributed by atoms with Gasteiger partial charge in [0, 0.05) is 29.4 Å². The highest BCUT2D eigenvalue weighted by Gasteiger charge is 2.19. The molecule has 2 aromatic rings. The molecular weight excluding hydrogens is 376 g/mol. The minimum absolute atomic E-state index is 0.0331. The SMILES string of the molecule is Cc1nn(Cc2ccccc2Cl)c(C)c1/C=C(\C#N)C(=O)NC[C@@H]1CCCO1. The number of nitrogens with zero attached hydrogens (tertiary/aromatic N) is 3. The summed E-state index contributed by atoms with van der Waals surface area (Å²) < 4.78 is 7.34. The van der Waals surface area contributed by atoms with Gasteiger partial charge in [-0.3, -0.25) is 9.48 Å². The molecular formula is C21H23ClN4O2.